The third-order valence-electron chi connectivity index (χ3n) is 4.00. The predicted octanol–water partition coefficient (Wildman–Crippen LogP) is 3.61. The van der Waals surface area contributed by atoms with Crippen molar-refractivity contribution < 1.29 is 5.11 Å². The van der Waals surface area contributed by atoms with Gasteiger partial charge in [-0.15, -0.1) is 24.2 Å². The number of nitrogens with zero attached hydrogens (tertiary/aromatic N) is 2. The van der Waals surface area contributed by atoms with Gasteiger partial charge in [-0.05, 0) is 31.9 Å². The number of aliphatic imine (C=N–C) groups is 1. The predicted molar refractivity (Wildman–Crippen MR) is 106 cm³/mol. The summed E-state index contributed by atoms with van der Waals surface area (Å²) in [4.78, 5) is 6.34. The van der Waals surface area contributed by atoms with Crippen molar-refractivity contribution >= 4 is 23.4 Å². The quantitative estimate of drug-likeness (QED) is 0.519. The molecule has 1 saturated carbocycles. The number of terminal acetylenes is 2. The van der Waals surface area contributed by atoms with Gasteiger partial charge in [0.15, 0.2) is 5.82 Å². The number of H-pyrrole nitrogens is 1. The Morgan fingerprint density at radius 2 is 2.31 bits per heavy atom. The van der Waals surface area contributed by atoms with E-state index in [4.69, 9.17) is 12.8 Å². The molecule has 1 aliphatic carbocycles. The van der Waals surface area contributed by atoms with Crippen LogP contribution in [0.3, 0.4) is 0 Å². The zero-order valence-corrected chi connectivity index (χ0v) is 15.3. The number of allylic oxidation sites excluding steroid dienone is 2. The third kappa shape index (κ3) is 4.43. The normalized spacial score (nSPS) is 16.0. The van der Waals surface area contributed by atoms with Crippen LogP contribution in [0.2, 0.25) is 0 Å². The van der Waals surface area contributed by atoms with Crippen molar-refractivity contribution in [3.05, 3.63) is 44.9 Å². The van der Waals surface area contributed by atoms with Crippen LogP contribution < -0.4 is 5.32 Å². The molecule has 5 nitrogen and oxygen atoms in total. The third-order valence-corrected chi connectivity index (χ3v) is 5.24. The summed E-state index contributed by atoms with van der Waals surface area (Å²) in [7, 11) is 0. The van der Waals surface area contributed by atoms with Crippen LogP contribution in [0, 0.1) is 24.7 Å². The van der Waals surface area contributed by atoms with Crippen molar-refractivity contribution in [2.24, 2.45) is 4.99 Å². The Morgan fingerprint density at radius 3 is 2.92 bits per heavy atom. The lowest BCUT2D eigenvalue weighted by Crippen LogP contribution is -2.02. The zero-order chi connectivity index (χ0) is 18.5. The highest BCUT2D eigenvalue weighted by Gasteiger charge is 2.25. The molecule has 0 aromatic carbocycles. The molecule has 3 N–H and O–H groups in total. The van der Waals surface area contributed by atoms with Crippen LogP contribution in [-0.2, 0) is 6.54 Å². The topological polar surface area (TPSA) is 73.3 Å². The number of aliphatic hydroxyl groups is 1. The van der Waals surface area contributed by atoms with Gasteiger partial charge in [0.25, 0.3) is 0 Å². The lowest BCUT2D eigenvalue weighted by Gasteiger charge is -2.03. The van der Waals surface area contributed by atoms with Gasteiger partial charge in [0.2, 0.25) is 0 Å². The first kappa shape index (κ1) is 18.0. The second kappa shape index (κ2) is 8.05. The standard InChI is InChI=1S/C20H20N4OS/c1-4-14(11-21-12-16-8-9-19(26-16)13(3)25)17(5-2)22-20-10-18(23-24-20)15-6-7-15/h1-2,8-11,13,15,25H,6-7,12H2,3H3,(H2,22,23,24)/b17-14+,21-11?/t13-/m1/s1. The van der Waals surface area contributed by atoms with Crippen LogP contribution in [0.1, 0.15) is 47.2 Å². The van der Waals surface area contributed by atoms with E-state index < -0.39 is 6.10 Å². The SMILES string of the molecule is C#C/C(C=NCc1ccc([C@@H](C)O)s1)=C(/C#C)Nc1cc(C2CC2)[nH]n1. The Morgan fingerprint density at radius 1 is 1.50 bits per heavy atom. The Balaban J connectivity index is 1.68. The monoisotopic (exact) mass is 364 g/mol. The van der Waals surface area contributed by atoms with Gasteiger partial charge in [0.1, 0.15) is 5.70 Å². The molecular formula is C20H20N4OS. The van der Waals surface area contributed by atoms with Gasteiger partial charge < -0.3 is 10.4 Å². The fraction of sp³-hybridized carbons (Fsp3) is 0.300. The van der Waals surface area contributed by atoms with Gasteiger partial charge in [0, 0.05) is 33.6 Å². The minimum Gasteiger partial charge on any atom is -0.388 e. The zero-order valence-electron chi connectivity index (χ0n) is 14.5. The van der Waals surface area contributed by atoms with E-state index in [1.807, 2.05) is 18.2 Å². The average molecular weight is 364 g/mol. The molecule has 0 aliphatic heterocycles. The van der Waals surface area contributed by atoms with Crippen molar-refractivity contribution in [1.82, 2.24) is 10.2 Å². The molecule has 2 aromatic heterocycles. The number of nitrogens with one attached hydrogen (secondary N) is 2. The molecule has 1 atom stereocenters. The highest BCUT2D eigenvalue weighted by Crippen LogP contribution is 2.39. The number of hydrogen-bond acceptors (Lipinski definition) is 5. The summed E-state index contributed by atoms with van der Waals surface area (Å²) in [5.41, 5.74) is 2.07. The number of thiophene rings is 1. The number of aromatic amines is 1. The summed E-state index contributed by atoms with van der Waals surface area (Å²) < 4.78 is 0. The lowest BCUT2D eigenvalue weighted by atomic mass is 10.2. The van der Waals surface area contributed by atoms with E-state index in [9.17, 15) is 5.11 Å². The van der Waals surface area contributed by atoms with Gasteiger partial charge in [-0.2, -0.15) is 5.10 Å². The summed E-state index contributed by atoms with van der Waals surface area (Å²) in [5, 5.41) is 19.9. The van der Waals surface area contributed by atoms with Crippen LogP contribution >= 0.6 is 11.3 Å². The van der Waals surface area contributed by atoms with Crippen molar-refractivity contribution in [3.8, 4) is 24.7 Å². The van der Waals surface area contributed by atoms with Gasteiger partial charge in [-0.1, -0.05) is 11.8 Å². The summed E-state index contributed by atoms with van der Waals surface area (Å²) in [6.45, 7) is 2.22. The number of aliphatic hydroxyl groups excluding tert-OH is 1. The van der Waals surface area contributed by atoms with E-state index in [-0.39, 0.29) is 0 Å². The van der Waals surface area contributed by atoms with Crippen LogP contribution in [0.25, 0.3) is 0 Å². The van der Waals surface area contributed by atoms with E-state index in [1.54, 1.807) is 13.1 Å². The maximum absolute atomic E-state index is 9.57. The van der Waals surface area contributed by atoms with Gasteiger partial charge >= 0.3 is 0 Å². The Labute approximate surface area is 157 Å². The summed E-state index contributed by atoms with van der Waals surface area (Å²) in [5.74, 6) is 6.39. The van der Waals surface area contributed by atoms with Crippen LogP contribution in [-0.4, -0.2) is 21.5 Å². The molecule has 0 spiro atoms. The Hall–Kier alpha value is -2.80. The molecule has 26 heavy (non-hydrogen) atoms. The van der Waals surface area contributed by atoms with Crippen molar-refractivity contribution in [2.45, 2.75) is 38.3 Å². The second-order valence-corrected chi connectivity index (χ2v) is 7.33. The first-order chi connectivity index (χ1) is 12.6. The fourth-order valence-electron chi connectivity index (χ4n) is 2.42. The molecule has 2 aromatic rings. The second-order valence-electron chi connectivity index (χ2n) is 6.13. The summed E-state index contributed by atoms with van der Waals surface area (Å²) >= 11 is 1.53. The summed E-state index contributed by atoms with van der Waals surface area (Å²) in [6.07, 6.45) is 14.7. The first-order valence-corrected chi connectivity index (χ1v) is 9.18. The Bertz CT molecular complexity index is 916. The molecule has 1 fully saturated rings. The molecule has 0 saturated heterocycles. The van der Waals surface area contributed by atoms with E-state index in [0.717, 1.165) is 15.4 Å². The first-order valence-electron chi connectivity index (χ1n) is 8.37. The smallest absolute Gasteiger partial charge is 0.152 e. The molecular weight excluding hydrogens is 344 g/mol. The number of anilines is 1. The van der Waals surface area contributed by atoms with E-state index in [0.29, 0.717) is 29.6 Å². The molecule has 0 amide bonds. The maximum atomic E-state index is 9.57. The average Bonchev–Trinajstić information content (AvgIpc) is 3.18. The number of rotatable bonds is 7. The van der Waals surface area contributed by atoms with Crippen molar-refractivity contribution in [3.63, 3.8) is 0 Å². The van der Waals surface area contributed by atoms with E-state index >= 15 is 0 Å². The minimum atomic E-state index is -0.467. The minimum absolute atomic E-state index is 0.459. The summed E-state index contributed by atoms with van der Waals surface area (Å²) in [6, 6.07) is 5.82. The number of aromatic nitrogens is 2. The molecule has 3 rings (SSSR count). The van der Waals surface area contributed by atoms with Crippen LogP contribution in [0.5, 0.6) is 0 Å². The van der Waals surface area contributed by atoms with Crippen molar-refractivity contribution in [2.75, 3.05) is 5.32 Å². The van der Waals surface area contributed by atoms with Crippen LogP contribution in [0.15, 0.2) is 34.5 Å². The maximum Gasteiger partial charge on any atom is 0.152 e. The largest absolute Gasteiger partial charge is 0.388 e. The van der Waals surface area contributed by atoms with E-state index in [1.165, 1.54) is 24.2 Å². The molecule has 0 bridgehead atoms. The lowest BCUT2D eigenvalue weighted by molar-refractivity contribution is 0.203. The molecule has 0 radical (unpaired) electrons. The number of hydrogen-bond donors (Lipinski definition) is 3. The highest BCUT2D eigenvalue weighted by molar-refractivity contribution is 7.12. The van der Waals surface area contributed by atoms with E-state index in [2.05, 4.69) is 32.3 Å². The van der Waals surface area contributed by atoms with Crippen molar-refractivity contribution in [1.29, 1.82) is 0 Å². The van der Waals surface area contributed by atoms with Gasteiger partial charge in [0.05, 0.1) is 18.2 Å². The molecule has 132 valence electrons. The molecule has 1 aliphatic rings. The van der Waals surface area contributed by atoms with Crippen LogP contribution in [0.4, 0.5) is 5.82 Å². The van der Waals surface area contributed by atoms with Gasteiger partial charge in [-0.25, -0.2) is 0 Å². The fourth-order valence-corrected chi connectivity index (χ4v) is 3.30. The molecule has 2 heterocycles. The molecule has 6 heteroatoms. The van der Waals surface area contributed by atoms with Gasteiger partial charge in [-0.3, -0.25) is 10.1 Å². The molecule has 0 unspecified atom stereocenters. The highest BCUT2D eigenvalue weighted by atomic mass is 32.1. The Kier molecular flexibility index (Phi) is 5.58.